The number of carbonyl (C=O) groups is 1. The number of carbonyl (C=O) groups excluding carboxylic acids is 1. The van der Waals surface area contributed by atoms with Crippen LogP contribution in [0.4, 0.5) is 5.69 Å². The number of nitrogens with zero attached hydrogens (tertiary/aromatic N) is 3. The van der Waals surface area contributed by atoms with Crippen molar-refractivity contribution in [2.75, 3.05) is 5.32 Å². The lowest BCUT2D eigenvalue weighted by molar-refractivity contribution is 0.102. The van der Waals surface area contributed by atoms with Crippen molar-refractivity contribution in [3.05, 3.63) is 47.5 Å². The molecule has 2 aromatic heterocycles. The average Bonchev–Trinajstić information content (AvgIpc) is 2.78. The second-order valence-electron chi connectivity index (χ2n) is 4.52. The van der Waals surface area contributed by atoms with E-state index in [-0.39, 0.29) is 5.91 Å². The topological polar surface area (TPSA) is 83.6 Å². The summed E-state index contributed by atoms with van der Waals surface area (Å²) >= 11 is 0. The molecule has 0 aliphatic heterocycles. The van der Waals surface area contributed by atoms with Crippen LogP contribution in [-0.2, 0) is 0 Å². The molecule has 3 rings (SSSR count). The van der Waals surface area contributed by atoms with Gasteiger partial charge in [-0.2, -0.15) is 5.10 Å². The molecule has 3 aromatic rings. The van der Waals surface area contributed by atoms with Gasteiger partial charge in [-0.15, -0.1) is 0 Å². The SMILES string of the molecule is Cc1n[nH]c(C)c1C(=O)Nc1ccc2nccnc2c1. The zero-order valence-corrected chi connectivity index (χ0v) is 11.1. The van der Waals surface area contributed by atoms with Gasteiger partial charge in [0, 0.05) is 23.8 Å². The maximum absolute atomic E-state index is 12.2. The van der Waals surface area contributed by atoms with Crippen LogP contribution in [0, 0.1) is 13.8 Å². The van der Waals surface area contributed by atoms with Gasteiger partial charge in [0.1, 0.15) is 0 Å². The van der Waals surface area contributed by atoms with Crippen LogP contribution in [0.2, 0.25) is 0 Å². The third kappa shape index (κ3) is 2.11. The van der Waals surface area contributed by atoms with Crippen LogP contribution >= 0.6 is 0 Å². The third-order valence-corrected chi connectivity index (χ3v) is 3.08. The Morgan fingerprint density at radius 3 is 2.60 bits per heavy atom. The monoisotopic (exact) mass is 267 g/mol. The molecule has 0 aliphatic rings. The molecule has 6 heteroatoms. The van der Waals surface area contributed by atoms with Gasteiger partial charge in [-0.3, -0.25) is 19.9 Å². The maximum atomic E-state index is 12.2. The first-order chi connectivity index (χ1) is 9.65. The zero-order valence-electron chi connectivity index (χ0n) is 11.1. The Bertz CT molecular complexity index is 774. The molecule has 0 saturated heterocycles. The lowest BCUT2D eigenvalue weighted by Gasteiger charge is -2.06. The first-order valence-corrected chi connectivity index (χ1v) is 6.19. The molecule has 0 unspecified atom stereocenters. The molecule has 2 N–H and O–H groups in total. The molecule has 0 aliphatic carbocycles. The van der Waals surface area contributed by atoms with Crippen molar-refractivity contribution >= 4 is 22.6 Å². The zero-order chi connectivity index (χ0) is 14.1. The van der Waals surface area contributed by atoms with Gasteiger partial charge in [-0.25, -0.2) is 0 Å². The highest BCUT2D eigenvalue weighted by atomic mass is 16.1. The van der Waals surface area contributed by atoms with Crippen LogP contribution in [0.15, 0.2) is 30.6 Å². The van der Waals surface area contributed by atoms with E-state index in [0.29, 0.717) is 16.9 Å². The Morgan fingerprint density at radius 1 is 1.15 bits per heavy atom. The number of benzene rings is 1. The molecule has 0 saturated carbocycles. The Labute approximate surface area is 115 Å². The summed E-state index contributed by atoms with van der Waals surface area (Å²) in [5, 5.41) is 9.67. The van der Waals surface area contributed by atoms with Crippen LogP contribution in [-0.4, -0.2) is 26.1 Å². The summed E-state index contributed by atoms with van der Waals surface area (Å²) in [6.45, 7) is 3.62. The van der Waals surface area contributed by atoms with Crippen molar-refractivity contribution in [1.29, 1.82) is 0 Å². The fourth-order valence-corrected chi connectivity index (χ4v) is 2.12. The predicted octanol–water partition coefficient (Wildman–Crippen LogP) is 2.22. The molecule has 100 valence electrons. The minimum Gasteiger partial charge on any atom is -0.322 e. The second kappa shape index (κ2) is 4.73. The van der Waals surface area contributed by atoms with Crippen LogP contribution in [0.3, 0.4) is 0 Å². The van der Waals surface area contributed by atoms with Crippen LogP contribution in [0.1, 0.15) is 21.7 Å². The van der Waals surface area contributed by atoms with Crippen molar-refractivity contribution in [2.45, 2.75) is 13.8 Å². The molecule has 20 heavy (non-hydrogen) atoms. The predicted molar refractivity (Wildman–Crippen MR) is 75.6 cm³/mol. The number of amides is 1. The molecule has 1 amide bonds. The summed E-state index contributed by atoms with van der Waals surface area (Å²) in [5.74, 6) is -0.183. The summed E-state index contributed by atoms with van der Waals surface area (Å²) in [6, 6.07) is 5.43. The number of aromatic amines is 1. The Balaban J connectivity index is 1.91. The first-order valence-electron chi connectivity index (χ1n) is 6.19. The van der Waals surface area contributed by atoms with E-state index < -0.39 is 0 Å². The first kappa shape index (κ1) is 12.3. The highest BCUT2D eigenvalue weighted by Gasteiger charge is 2.15. The van der Waals surface area contributed by atoms with Gasteiger partial charge in [0.15, 0.2) is 0 Å². The van der Waals surface area contributed by atoms with Crippen molar-refractivity contribution < 1.29 is 4.79 Å². The fraction of sp³-hybridized carbons (Fsp3) is 0.143. The summed E-state index contributed by atoms with van der Waals surface area (Å²) in [6.07, 6.45) is 3.26. The highest BCUT2D eigenvalue weighted by Crippen LogP contribution is 2.17. The van der Waals surface area contributed by atoms with Crippen molar-refractivity contribution in [2.24, 2.45) is 0 Å². The minimum absolute atomic E-state index is 0.183. The standard InChI is InChI=1S/C14H13N5O/c1-8-13(9(2)19-18-8)14(20)17-10-3-4-11-12(7-10)16-6-5-15-11/h3-7H,1-2H3,(H,17,20)(H,18,19). The number of aromatic nitrogens is 4. The molecule has 2 heterocycles. The quantitative estimate of drug-likeness (QED) is 0.745. The van der Waals surface area contributed by atoms with E-state index in [2.05, 4.69) is 25.5 Å². The van der Waals surface area contributed by atoms with Crippen molar-refractivity contribution in [3.63, 3.8) is 0 Å². The van der Waals surface area contributed by atoms with Gasteiger partial charge >= 0.3 is 0 Å². The number of H-pyrrole nitrogens is 1. The van der Waals surface area contributed by atoms with Gasteiger partial charge in [0.2, 0.25) is 0 Å². The molecule has 0 fully saturated rings. The number of rotatable bonds is 2. The van der Waals surface area contributed by atoms with E-state index in [1.807, 2.05) is 13.0 Å². The normalized spacial score (nSPS) is 10.7. The van der Waals surface area contributed by atoms with Gasteiger partial charge in [0.05, 0.1) is 22.3 Å². The number of aryl methyl sites for hydroxylation is 2. The Hall–Kier alpha value is -2.76. The number of hydrogen-bond acceptors (Lipinski definition) is 4. The largest absolute Gasteiger partial charge is 0.322 e. The highest BCUT2D eigenvalue weighted by molar-refractivity contribution is 6.06. The van der Waals surface area contributed by atoms with E-state index in [1.165, 1.54) is 0 Å². The third-order valence-electron chi connectivity index (χ3n) is 3.08. The van der Waals surface area contributed by atoms with Gasteiger partial charge in [-0.1, -0.05) is 0 Å². The van der Waals surface area contributed by atoms with E-state index in [9.17, 15) is 4.79 Å². The van der Waals surface area contributed by atoms with Crippen molar-refractivity contribution in [3.8, 4) is 0 Å². The molecule has 0 bridgehead atoms. The van der Waals surface area contributed by atoms with Crippen molar-refractivity contribution in [1.82, 2.24) is 20.2 Å². The molecule has 0 radical (unpaired) electrons. The molecule has 1 aromatic carbocycles. The molecule has 6 nitrogen and oxygen atoms in total. The Morgan fingerprint density at radius 2 is 1.90 bits per heavy atom. The molecule has 0 atom stereocenters. The smallest absolute Gasteiger partial charge is 0.259 e. The van der Waals surface area contributed by atoms with Gasteiger partial charge in [-0.05, 0) is 32.0 Å². The molecular formula is C14H13N5O. The summed E-state index contributed by atoms with van der Waals surface area (Å²) < 4.78 is 0. The van der Waals surface area contributed by atoms with Gasteiger partial charge < -0.3 is 5.32 Å². The minimum atomic E-state index is -0.183. The van der Waals surface area contributed by atoms with Crippen LogP contribution in [0.25, 0.3) is 11.0 Å². The van der Waals surface area contributed by atoms with Crippen LogP contribution < -0.4 is 5.32 Å². The summed E-state index contributed by atoms with van der Waals surface area (Å²) in [4.78, 5) is 20.6. The van der Waals surface area contributed by atoms with E-state index in [4.69, 9.17) is 0 Å². The number of anilines is 1. The Kier molecular flexibility index (Phi) is 2.90. The van der Waals surface area contributed by atoms with E-state index in [1.54, 1.807) is 31.5 Å². The second-order valence-corrected chi connectivity index (χ2v) is 4.52. The molecule has 0 spiro atoms. The van der Waals surface area contributed by atoms with E-state index in [0.717, 1.165) is 16.7 Å². The van der Waals surface area contributed by atoms with Crippen LogP contribution in [0.5, 0.6) is 0 Å². The van der Waals surface area contributed by atoms with E-state index >= 15 is 0 Å². The number of hydrogen-bond donors (Lipinski definition) is 2. The average molecular weight is 267 g/mol. The lowest BCUT2D eigenvalue weighted by Crippen LogP contribution is -2.13. The lowest BCUT2D eigenvalue weighted by atomic mass is 10.2. The molecular weight excluding hydrogens is 254 g/mol. The number of fused-ring (bicyclic) bond motifs is 1. The maximum Gasteiger partial charge on any atom is 0.259 e. The number of nitrogens with one attached hydrogen (secondary N) is 2. The van der Waals surface area contributed by atoms with Gasteiger partial charge in [0.25, 0.3) is 5.91 Å². The fourth-order valence-electron chi connectivity index (χ4n) is 2.12. The summed E-state index contributed by atoms with van der Waals surface area (Å²) in [7, 11) is 0. The summed E-state index contributed by atoms with van der Waals surface area (Å²) in [5.41, 5.74) is 4.22.